The molecule has 2 rings (SSSR count). The molecule has 6 nitrogen and oxygen atoms in total. The minimum absolute atomic E-state index is 0.0421. The summed E-state index contributed by atoms with van der Waals surface area (Å²) in [5, 5.41) is 8.48. The summed E-state index contributed by atoms with van der Waals surface area (Å²) in [5.74, 6) is -0.105. The van der Waals surface area contributed by atoms with Crippen molar-refractivity contribution in [2.24, 2.45) is 0 Å². The highest BCUT2D eigenvalue weighted by molar-refractivity contribution is 5.86. The number of rotatable bonds is 3. The van der Waals surface area contributed by atoms with E-state index >= 15 is 0 Å². The van der Waals surface area contributed by atoms with E-state index in [1.807, 2.05) is 0 Å². The van der Waals surface area contributed by atoms with E-state index in [4.69, 9.17) is 4.74 Å². The molecule has 1 atom stereocenters. The summed E-state index contributed by atoms with van der Waals surface area (Å²) in [5.41, 5.74) is 0. The minimum Gasteiger partial charge on any atom is -0.381 e. The summed E-state index contributed by atoms with van der Waals surface area (Å²) in [6.45, 7) is 0.578. The Morgan fingerprint density at radius 2 is 2.25 bits per heavy atom. The number of piperazine rings is 1. The number of ether oxygens (including phenoxy) is 1. The lowest BCUT2D eigenvalue weighted by Crippen LogP contribution is -2.60. The van der Waals surface area contributed by atoms with Gasteiger partial charge in [-0.1, -0.05) is 0 Å². The third-order valence-electron chi connectivity index (χ3n) is 3.10. The second-order valence-corrected chi connectivity index (χ2v) is 4.27. The molecule has 2 amide bonds. The smallest absolute Gasteiger partial charge is 0.239 e. The van der Waals surface area contributed by atoms with E-state index in [0.29, 0.717) is 6.54 Å². The molecule has 1 saturated heterocycles. The van der Waals surface area contributed by atoms with E-state index in [1.165, 1.54) is 0 Å². The van der Waals surface area contributed by atoms with Gasteiger partial charge in [-0.3, -0.25) is 14.9 Å². The molecule has 16 heavy (non-hydrogen) atoms. The molecule has 2 aliphatic rings. The van der Waals surface area contributed by atoms with Crippen molar-refractivity contribution >= 4 is 11.8 Å². The molecule has 1 saturated carbocycles. The lowest BCUT2D eigenvalue weighted by atomic mass is 9.89. The largest absolute Gasteiger partial charge is 0.381 e. The summed E-state index contributed by atoms with van der Waals surface area (Å²) >= 11 is 0. The first-order chi connectivity index (χ1) is 7.69. The van der Waals surface area contributed by atoms with Crippen LogP contribution in [0.4, 0.5) is 0 Å². The first kappa shape index (κ1) is 11.3. The Morgan fingerprint density at radius 1 is 1.50 bits per heavy atom. The molecule has 3 N–H and O–H groups in total. The molecule has 0 bridgehead atoms. The van der Waals surface area contributed by atoms with Gasteiger partial charge in [0.05, 0.1) is 12.6 Å². The highest BCUT2D eigenvalue weighted by atomic mass is 16.5. The molecule has 1 aliphatic carbocycles. The zero-order valence-electron chi connectivity index (χ0n) is 9.29. The molecule has 1 unspecified atom stereocenters. The molecule has 0 aromatic rings. The predicted octanol–water partition coefficient (Wildman–Crippen LogP) is -1.63. The summed E-state index contributed by atoms with van der Waals surface area (Å²) in [6.07, 6.45) is 2.03. The summed E-state index contributed by atoms with van der Waals surface area (Å²) in [7, 11) is 1.68. The van der Waals surface area contributed by atoms with Gasteiger partial charge in [0, 0.05) is 19.7 Å². The second-order valence-electron chi connectivity index (χ2n) is 4.27. The van der Waals surface area contributed by atoms with Gasteiger partial charge in [0.25, 0.3) is 0 Å². The normalized spacial score (nSPS) is 33.8. The maximum atomic E-state index is 11.7. The van der Waals surface area contributed by atoms with Crippen molar-refractivity contribution in [1.29, 1.82) is 0 Å². The summed E-state index contributed by atoms with van der Waals surface area (Å²) in [6, 6.07) is -0.0869. The Bertz CT molecular complexity index is 279. The van der Waals surface area contributed by atoms with Gasteiger partial charge in [-0.05, 0) is 12.8 Å². The van der Waals surface area contributed by atoms with Crippen molar-refractivity contribution in [1.82, 2.24) is 16.0 Å². The zero-order valence-corrected chi connectivity index (χ0v) is 9.29. The molecule has 0 radical (unpaired) electrons. The molecule has 1 aliphatic heterocycles. The average molecular weight is 227 g/mol. The molecule has 90 valence electrons. The van der Waals surface area contributed by atoms with E-state index in [0.717, 1.165) is 12.8 Å². The Morgan fingerprint density at radius 3 is 2.81 bits per heavy atom. The zero-order chi connectivity index (χ0) is 11.5. The van der Waals surface area contributed by atoms with Crippen molar-refractivity contribution < 1.29 is 14.3 Å². The second kappa shape index (κ2) is 4.80. The number of carbonyl (C=O) groups is 2. The molecule has 0 spiro atoms. The van der Waals surface area contributed by atoms with Crippen LogP contribution in [0.5, 0.6) is 0 Å². The van der Waals surface area contributed by atoms with Gasteiger partial charge in [0.1, 0.15) is 6.04 Å². The Balaban J connectivity index is 1.70. The fourth-order valence-corrected chi connectivity index (χ4v) is 1.93. The number of hydrogen-bond donors (Lipinski definition) is 3. The average Bonchev–Trinajstić information content (AvgIpc) is 2.23. The Kier molecular flexibility index (Phi) is 3.40. The lowest BCUT2D eigenvalue weighted by molar-refractivity contribution is -0.128. The number of carbonyl (C=O) groups excluding carboxylic acids is 2. The third kappa shape index (κ3) is 2.51. The quantitative estimate of drug-likeness (QED) is 0.541. The number of nitrogens with one attached hydrogen (secondary N) is 3. The van der Waals surface area contributed by atoms with Crippen LogP contribution >= 0.6 is 0 Å². The van der Waals surface area contributed by atoms with Crippen LogP contribution in [0.1, 0.15) is 12.8 Å². The fourth-order valence-electron chi connectivity index (χ4n) is 1.93. The maximum absolute atomic E-state index is 11.7. The van der Waals surface area contributed by atoms with Gasteiger partial charge >= 0.3 is 0 Å². The third-order valence-corrected chi connectivity index (χ3v) is 3.10. The molecule has 1 heterocycles. The van der Waals surface area contributed by atoms with Crippen molar-refractivity contribution in [3.05, 3.63) is 0 Å². The molecular formula is C10H17N3O3. The first-order valence-corrected chi connectivity index (χ1v) is 5.52. The lowest BCUT2D eigenvalue weighted by Gasteiger charge is -2.36. The monoisotopic (exact) mass is 227 g/mol. The predicted molar refractivity (Wildman–Crippen MR) is 56.8 cm³/mol. The molecule has 6 heteroatoms. The standard InChI is InChI=1S/C10H17N3O3/c1-16-7-2-6(3-7)13-10(15)8-4-12-9(14)5-11-8/h6-8,11H,2-5H2,1H3,(H,12,14)(H,13,15). The van der Waals surface area contributed by atoms with Gasteiger partial charge in [0.2, 0.25) is 11.8 Å². The molecule has 0 aromatic heterocycles. The van der Waals surface area contributed by atoms with E-state index in [9.17, 15) is 9.59 Å². The van der Waals surface area contributed by atoms with E-state index in [1.54, 1.807) is 7.11 Å². The van der Waals surface area contributed by atoms with Gasteiger partial charge < -0.3 is 15.4 Å². The van der Waals surface area contributed by atoms with Crippen molar-refractivity contribution in [2.75, 3.05) is 20.2 Å². The Labute approximate surface area is 94.1 Å². The van der Waals surface area contributed by atoms with Crippen molar-refractivity contribution in [3.8, 4) is 0 Å². The van der Waals surface area contributed by atoms with Crippen LogP contribution in [0.15, 0.2) is 0 Å². The van der Waals surface area contributed by atoms with Crippen molar-refractivity contribution in [3.63, 3.8) is 0 Å². The van der Waals surface area contributed by atoms with Gasteiger partial charge in [-0.15, -0.1) is 0 Å². The number of methoxy groups -OCH3 is 1. The van der Waals surface area contributed by atoms with Crippen LogP contribution in [-0.2, 0) is 14.3 Å². The van der Waals surface area contributed by atoms with E-state index < -0.39 is 0 Å². The molecular weight excluding hydrogens is 210 g/mol. The van der Waals surface area contributed by atoms with Crippen LogP contribution in [0.2, 0.25) is 0 Å². The van der Waals surface area contributed by atoms with Crippen LogP contribution < -0.4 is 16.0 Å². The first-order valence-electron chi connectivity index (χ1n) is 5.52. The van der Waals surface area contributed by atoms with Crippen LogP contribution in [0.25, 0.3) is 0 Å². The van der Waals surface area contributed by atoms with Crippen LogP contribution in [-0.4, -0.2) is 50.2 Å². The number of amides is 2. The van der Waals surface area contributed by atoms with Gasteiger partial charge in [-0.2, -0.15) is 0 Å². The maximum Gasteiger partial charge on any atom is 0.239 e. The fraction of sp³-hybridized carbons (Fsp3) is 0.800. The van der Waals surface area contributed by atoms with Gasteiger partial charge in [-0.25, -0.2) is 0 Å². The highest BCUT2D eigenvalue weighted by Gasteiger charge is 2.32. The summed E-state index contributed by atoms with van der Waals surface area (Å²) < 4.78 is 5.13. The van der Waals surface area contributed by atoms with Gasteiger partial charge in [0.15, 0.2) is 0 Å². The van der Waals surface area contributed by atoms with E-state index in [-0.39, 0.29) is 36.5 Å². The summed E-state index contributed by atoms with van der Waals surface area (Å²) in [4.78, 5) is 22.6. The SMILES string of the molecule is COC1CC(NC(=O)C2CNC(=O)CN2)C1. The van der Waals surface area contributed by atoms with Crippen LogP contribution in [0, 0.1) is 0 Å². The minimum atomic E-state index is -0.306. The molecule has 0 aromatic carbocycles. The van der Waals surface area contributed by atoms with Crippen molar-refractivity contribution in [2.45, 2.75) is 31.0 Å². The number of hydrogen-bond acceptors (Lipinski definition) is 4. The van der Waals surface area contributed by atoms with Crippen LogP contribution in [0.3, 0.4) is 0 Å². The molecule has 2 fully saturated rings. The topological polar surface area (TPSA) is 79.5 Å². The Hall–Kier alpha value is -1.14. The van der Waals surface area contributed by atoms with E-state index in [2.05, 4.69) is 16.0 Å². The highest BCUT2D eigenvalue weighted by Crippen LogP contribution is 2.22.